The van der Waals surface area contributed by atoms with Crippen LogP contribution in [0.15, 0.2) is 122 Å². The van der Waals surface area contributed by atoms with Crippen molar-refractivity contribution in [2.75, 3.05) is 13.2 Å². The molecule has 79 heavy (non-hydrogen) atoms. The van der Waals surface area contributed by atoms with Crippen molar-refractivity contribution in [2.45, 2.75) is 64.4 Å². The molecular formula is C54H52N17O8+. The SMILES string of the molecule is C#CCCCOC(=O)c1ccc(-c2nn[nH]n2)cc1.CCC#CCOC(=O)c1ccc(-c2nn[nH]n2)cc1.C[n+]1ccc(OC(=O)c2ccc(-c3nn[nH]n3)cc2)cc1.O=C(OC1CCCCC1)c1ccc(-c2nn[nH]n2)cc1. The molecule has 0 saturated heterocycles. The van der Waals surface area contributed by atoms with Gasteiger partial charge in [0.1, 0.15) is 18.9 Å². The Hall–Kier alpha value is -10.7. The van der Waals surface area contributed by atoms with Gasteiger partial charge in [-0.1, -0.05) is 67.8 Å². The number of benzene rings is 4. The number of aromatic amines is 4. The zero-order valence-electron chi connectivity index (χ0n) is 42.9. The topological polar surface area (TPSA) is 327 Å². The van der Waals surface area contributed by atoms with Gasteiger partial charge in [-0.3, -0.25) is 0 Å². The summed E-state index contributed by atoms with van der Waals surface area (Å²) < 4.78 is 22.7. The van der Waals surface area contributed by atoms with Gasteiger partial charge in [0.05, 0.1) is 28.9 Å². The second kappa shape index (κ2) is 30.0. The Morgan fingerprint density at radius 3 is 1.34 bits per heavy atom. The van der Waals surface area contributed by atoms with Crippen molar-refractivity contribution in [1.29, 1.82) is 0 Å². The third-order valence-electron chi connectivity index (χ3n) is 11.2. The molecule has 0 atom stereocenters. The lowest BCUT2D eigenvalue weighted by Gasteiger charge is -2.21. The monoisotopic (exact) mass is 1070 g/mol. The molecule has 1 fully saturated rings. The maximum atomic E-state index is 12.0. The van der Waals surface area contributed by atoms with Crippen LogP contribution in [-0.4, -0.2) is 126 Å². The molecule has 0 bridgehead atoms. The minimum absolute atomic E-state index is 0.0770. The van der Waals surface area contributed by atoms with Crippen molar-refractivity contribution < 1.29 is 42.7 Å². The number of aryl methyl sites for hydroxylation is 1. The summed E-state index contributed by atoms with van der Waals surface area (Å²) in [5.74, 6) is 9.08. The van der Waals surface area contributed by atoms with E-state index in [1.54, 1.807) is 109 Å². The molecule has 0 amide bonds. The van der Waals surface area contributed by atoms with Crippen molar-refractivity contribution in [3.63, 3.8) is 0 Å². The van der Waals surface area contributed by atoms with Crippen molar-refractivity contribution in [3.8, 4) is 75.5 Å². The van der Waals surface area contributed by atoms with Gasteiger partial charge in [-0.2, -0.15) is 20.9 Å². The summed E-state index contributed by atoms with van der Waals surface area (Å²) in [6.45, 7) is 2.38. The number of esters is 4. The van der Waals surface area contributed by atoms with E-state index in [1.807, 2.05) is 30.9 Å². The number of hydrogen-bond donors (Lipinski definition) is 4. The van der Waals surface area contributed by atoms with E-state index >= 15 is 0 Å². The first-order valence-electron chi connectivity index (χ1n) is 24.6. The minimum atomic E-state index is -0.413. The number of H-pyrrole nitrogens is 4. The average molecular weight is 1070 g/mol. The number of rotatable bonds is 14. The van der Waals surface area contributed by atoms with Gasteiger partial charge in [0, 0.05) is 47.2 Å². The summed E-state index contributed by atoms with van der Waals surface area (Å²) in [7, 11) is 1.89. The van der Waals surface area contributed by atoms with Gasteiger partial charge in [-0.25, -0.2) is 23.7 Å². The zero-order chi connectivity index (χ0) is 55.4. The number of carbonyl (C=O) groups excluding carboxylic acids is 4. The van der Waals surface area contributed by atoms with Crippen LogP contribution in [0.2, 0.25) is 0 Å². The highest BCUT2D eigenvalue weighted by Gasteiger charge is 2.19. The van der Waals surface area contributed by atoms with E-state index in [4.69, 9.17) is 25.4 Å². The Morgan fingerprint density at radius 2 is 0.949 bits per heavy atom. The van der Waals surface area contributed by atoms with Gasteiger partial charge in [-0.15, -0.1) is 59.1 Å². The third kappa shape index (κ3) is 17.7. The minimum Gasteiger partial charge on any atom is -0.462 e. The Balaban J connectivity index is 0.000000153. The highest BCUT2D eigenvalue weighted by molar-refractivity contribution is 5.92. The zero-order valence-corrected chi connectivity index (χ0v) is 42.9. The molecule has 9 aromatic rings. The summed E-state index contributed by atoms with van der Waals surface area (Å²) >= 11 is 0. The van der Waals surface area contributed by atoms with Gasteiger partial charge in [0.25, 0.3) is 0 Å². The van der Waals surface area contributed by atoms with Crippen molar-refractivity contribution in [3.05, 3.63) is 144 Å². The van der Waals surface area contributed by atoms with Crippen LogP contribution in [0.3, 0.4) is 0 Å². The molecule has 1 aliphatic rings. The van der Waals surface area contributed by atoms with E-state index in [9.17, 15) is 19.2 Å². The van der Waals surface area contributed by atoms with Crippen molar-refractivity contribution in [2.24, 2.45) is 7.05 Å². The van der Waals surface area contributed by atoms with Gasteiger partial charge in [0.2, 0.25) is 23.3 Å². The lowest BCUT2D eigenvalue weighted by atomic mass is 9.98. The van der Waals surface area contributed by atoms with Crippen LogP contribution in [-0.2, 0) is 21.3 Å². The molecule has 10 rings (SSSR count). The fourth-order valence-corrected chi connectivity index (χ4v) is 7.07. The van der Waals surface area contributed by atoms with E-state index in [2.05, 4.69) is 100 Å². The first-order valence-corrected chi connectivity index (χ1v) is 24.6. The Kier molecular flexibility index (Phi) is 21.3. The summed E-state index contributed by atoms with van der Waals surface area (Å²) in [4.78, 5) is 47.4. The number of pyridine rings is 1. The van der Waals surface area contributed by atoms with E-state index in [-0.39, 0.29) is 24.6 Å². The van der Waals surface area contributed by atoms with Crippen LogP contribution < -0.4 is 9.30 Å². The third-order valence-corrected chi connectivity index (χ3v) is 11.2. The van der Waals surface area contributed by atoms with Crippen LogP contribution in [0.4, 0.5) is 0 Å². The fraction of sp³-hybridized carbons (Fsp3) is 0.241. The molecule has 1 saturated carbocycles. The first kappa shape index (κ1) is 56.0. The molecule has 0 unspecified atom stereocenters. The predicted octanol–water partition coefficient (Wildman–Crippen LogP) is 6.14. The summed E-state index contributed by atoms with van der Waals surface area (Å²) in [5, 5.41) is 54.4. The highest BCUT2D eigenvalue weighted by Crippen LogP contribution is 2.23. The number of hydrogen-bond acceptors (Lipinski definition) is 20. The van der Waals surface area contributed by atoms with Crippen molar-refractivity contribution >= 4 is 23.9 Å². The van der Waals surface area contributed by atoms with Gasteiger partial charge in [0.15, 0.2) is 19.0 Å². The number of nitrogens with one attached hydrogen (secondary N) is 4. The van der Waals surface area contributed by atoms with Crippen LogP contribution in [0.1, 0.15) is 99.7 Å². The Labute approximate surface area is 451 Å². The normalized spacial score (nSPS) is 11.5. The fourth-order valence-electron chi connectivity index (χ4n) is 7.07. The molecule has 5 heterocycles. The largest absolute Gasteiger partial charge is 0.462 e. The van der Waals surface area contributed by atoms with E-state index in [0.29, 0.717) is 70.7 Å². The number of aromatic nitrogens is 17. The molecule has 0 radical (unpaired) electrons. The maximum absolute atomic E-state index is 12.0. The second-order valence-electron chi connectivity index (χ2n) is 16.7. The van der Waals surface area contributed by atoms with E-state index in [0.717, 1.165) is 54.4 Å². The van der Waals surface area contributed by atoms with Gasteiger partial charge < -0.3 is 18.9 Å². The number of unbranched alkanes of at least 4 members (excludes halogenated alkanes) is 1. The van der Waals surface area contributed by atoms with Crippen LogP contribution in [0.25, 0.3) is 45.6 Å². The molecule has 0 spiro atoms. The first-order chi connectivity index (χ1) is 38.7. The smallest absolute Gasteiger partial charge is 0.343 e. The average Bonchev–Trinajstić information content (AvgIpc) is 4.38. The number of ether oxygens (including phenoxy) is 4. The van der Waals surface area contributed by atoms with Crippen LogP contribution in [0.5, 0.6) is 5.75 Å². The van der Waals surface area contributed by atoms with Gasteiger partial charge in [-0.05, 0) is 101 Å². The quantitative estimate of drug-likeness (QED) is 0.0312. The number of nitrogens with zero attached hydrogens (tertiary/aromatic N) is 13. The number of terminal acetylenes is 1. The standard InChI is InChI=1S/C14H11N5O2.C14H16N4O2.2C13H12N4O2/c1-19-8-6-12(7-9-19)21-14(20)11-4-2-10(3-5-11)13-15-17-18-16-13;19-14(20-12-4-2-1-3-5-12)11-8-6-10(7-9-11)13-15-17-18-16-13;2*1-2-3-4-9-19-13(18)11-7-5-10(6-8-11)12-14-16-17-15-12/h2-9H,1H3;6-9,12H,1-5H2,(H,15,16,17,18);5-8H,2,9H2,1H3,(H,14,15,16,17);1,5-8H,3-4,9H2,(H,14,15,16,17)/p+1. The molecule has 5 aromatic heterocycles. The second-order valence-corrected chi connectivity index (χ2v) is 16.7. The molecule has 400 valence electrons. The van der Waals surface area contributed by atoms with Crippen LogP contribution >= 0.6 is 0 Å². The molecular weight excluding hydrogens is 1010 g/mol. The molecule has 4 N–H and O–H groups in total. The van der Waals surface area contributed by atoms with Crippen molar-refractivity contribution in [1.82, 2.24) is 82.5 Å². The lowest BCUT2D eigenvalue weighted by Crippen LogP contribution is -2.25. The summed E-state index contributed by atoms with van der Waals surface area (Å²) in [5.41, 5.74) is 5.09. The van der Waals surface area contributed by atoms with Gasteiger partial charge >= 0.3 is 23.9 Å². The number of carbonyl (C=O) groups is 4. The molecule has 25 nitrogen and oxygen atoms in total. The molecule has 25 heteroatoms. The van der Waals surface area contributed by atoms with Crippen LogP contribution in [0, 0.1) is 24.2 Å². The number of tetrazole rings is 4. The highest BCUT2D eigenvalue weighted by atomic mass is 16.5. The maximum Gasteiger partial charge on any atom is 0.343 e. The molecule has 4 aromatic carbocycles. The Bertz CT molecular complexity index is 3370. The lowest BCUT2D eigenvalue weighted by molar-refractivity contribution is -0.671. The summed E-state index contributed by atoms with van der Waals surface area (Å²) in [6.07, 6.45) is 16.3. The molecule has 0 aliphatic heterocycles. The van der Waals surface area contributed by atoms with E-state index in [1.165, 1.54) is 6.42 Å². The Morgan fingerprint density at radius 1 is 0.544 bits per heavy atom. The summed E-state index contributed by atoms with van der Waals surface area (Å²) in [6, 6.07) is 30.9. The van der Waals surface area contributed by atoms with E-state index < -0.39 is 11.9 Å². The molecule has 1 aliphatic carbocycles. The predicted molar refractivity (Wildman–Crippen MR) is 280 cm³/mol.